The lowest BCUT2D eigenvalue weighted by Gasteiger charge is -2.16. The van der Waals surface area contributed by atoms with Crippen LogP contribution < -0.4 is 10.2 Å². The zero-order valence-corrected chi connectivity index (χ0v) is 13.1. The van der Waals surface area contributed by atoms with Crippen molar-refractivity contribution in [2.75, 3.05) is 30.4 Å². The molecule has 1 unspecified atom stereocenters. The van der Waals surface area contributed by atoms with Crippen molar-refractivity contribution in [1.29, 1.82) is 0 Å². The maximum atomic E-state index is 12.4. The molecule has 120 valence electrons. The predicted molar refractivity (Wildman–Crippen MR) is 88.7 cm³/mol. The van der Waals surface area contributed by atoms with Crippen LogP contribution in [0.3, 0.4) is 0 Å². The molecule has 1 aromatic heterocycles. The second-order valence-electron chi connectivity index (χ2n) is 5.50. The molecule has 23 heavy (non-hydrogen) atoms. The number of hydrogen-bond acceptors (Lipinski definition) is 5. The van der Waals surface area contributed by atoms with Gasteiger partial charge in [-0.25, -0.2) is 9.97 Å². The fourth-order valence-corrected chi connectivity index (χ4v) is 2.49. The molecule has 1 aliphatic rings. The maximum absolute atomic E-state index is 12.4. The zero-order valence-electron chi connectivity index (χ0n) is 13.1. The highest BCUT2D eigenvalue weighted by atomic mass is 16.5. The SMILES string of the molecule is CN(C(=O)c1cnc(NCC2CCCO2)cn1)c1ccccc1. The summed E-state index contributed by atoms with van der Waals surface area (Å²) in [5.74, 6) is 0.466. The summed E-state index contributed by atoms with van der Waals surface area (Å²) < 4.78 is 5.55. The Labute approximate surface area is 135 Å². The molecule has 1 aliphatic heterocycles. The number of carbonyl (C=O) groups is 1. The normalized spacial score (nSPS) is 17.0. The van der Waals surface area contributed by atoms with E-state index >= 15 is 0 Å². The van der Waals surface area contributed by atoms with Crippen LogP contribution >= 0.6 is 0 Å². The quantitative estimate of drug-likeness (QED) is 0.918. The van der Waals surface area contributed by atoms with Gasteiger partial charge >= 0.3 is 0 Å². The van der Waals surface area contributed by atoms with E-state index in [4.69, 9.17) is 4.74 Å². The number of nitrogens with zero attached hydrogens (tertiary/aromatic N) is 3. The topological polar surface area (TPSA) is 67.4 Å². The fourth-order valence-electron chi connectivity index (χ4n) is 2.49. The van der Waals surface area contributed by atoms with Crippen LogP contribution in [0.5, 0.6) is 0 Å². The maximum Gasteiger partial charge on any atom is 0.278 e. The van der Waals surface area contributed by atoms with E-state index in [0.29, 0.717) is 18.1 Å². The lowest BCUT2D eigenvalue weighted by molar-refractivity contribution is 0.0988. The van der Waals surface area contributed by atoms with E-state index in [2.05, 4.69) is 15.3 Å². The Balaban J connectivity index is 1.61. The minimum absolute atomic E-state index is 0.186. The van der Waals surface area contributed by atoms with Gasteiger partial charge in [0.15, 0.2) is 0 Å². The number of carbonyl (C=O) groups excluding carboxylic acids is 1. The van der Waals surface area contributed by atoms with Crippen molar-refractivity contribution in [3.8, 4) is 0 Å². The van der Waals surface area contributed by atoms with E-state index < -0.39 is 0 Å². The molecule has 2 aromatic rings. The molecule has 1 N–H and O–H groups in total. The van der Waals surface area contributed by atoms with Crippen molar-refractivity contribution < 1.29 is 9.53 Å². The molecule has 0 aliphatic carbocycles. The van der Waals surface area contributed by atoms with Crippen molar-refractivity contribution in [2.24, 2.45) is 0 Å². The first-order valence-electron chi connectivity index (χ1n) is 7.74. The summed E-state index contributed by atoms with van der Waals surface area (Å²) in [6.45, 7) is 1.54. The number of aromatic nitrogens is 2. The molecular formula is C17H20N4O2. The van der Waals surface area contributed by atoms with Gasteiger partial charge < -0.3 is 15.0 Å². The van der Waals surface area contributed by atoms with Crippen molar-refractivity contribution in [3.05, 3.63) is 48.4 Å². The highest BCUT2D eigenvalue weighted by Gasteiger charge is 2.17. The Morgan fingerprint density at radius 3 is 2.78 bits per heavy atom. The van der Waals surface area contributed by atoms with Gasteiger partial charge in [-0.1, -0.05) is 18.2 Å². The number of para-hydroxylation sites is 1. The summed E-state index contributed by atoms with van der Waals surface area (Å²) in [4.78, 5) is 22.4. The Morgan fingerprint density at radius 2 is 2.13 bits per heavy atom. The smallest absolute Gasteiger partial charge is 0.278 e. The molecule has 1 amide bonds. The second kappa shape index (κ2) is 7.19. The van der Waals surface area contributed by atoms with E-state index in [-0.39, 0.29) is 12.0 Å². The lowest BCUT2D eigenvalue weighted by atomic mass is 10.2. The number of nitrogens with one attached hydrogen (secondary N) is 1. The van der Waals surface area contributed by atoms with Crippen LogP contribution in [0.2, 0.25) is 0 Å². The van der Waals surface area contributed by atoms with Crippen LogP contribution in [-0.4, -0.2) is 42.2 Å². The van der Waals surface area contributed by atoms with Gasteiger partial charge in [0.25, 0.3) is 5.91 Å². The van der Waals surface area contributed by atoms with Crippen LogP contribution in [0.1, 0.15) is 23.3 Å². The number of amides is 1. The van der Waals surface area contributed by atoms with Crippen LogP contribution in [-0.2, 0) is 4.74 Å². The van der Waals surface area contributed by atoms with Crippen LogP contribution in [0.25, 0.3) is 0 Å². The summed E-state index contributed by atoms with van der Waals surface area (Å²) in [7, 11) is 1.73. The molecule has 1 fully saturated rings. The van der Waals surface area contributed by atoms with Crippen molar-refractivity contribution in [3.63, 3.8) is 0 Å². The van der Waals surface area contributed by atoms with Crippen molar-refractivity contribution >= 4 is 17.4 Å². The average Bonchev–Trinajstić information content (AvgIpc) is 3.13. The zero-order chi connectivity index (χ0) is 16.1. The Hall–Kier alpha value is -2.47. The molecule has 6 nitrogen and oxygen atoms in total. The standard InChI is InChI=1S/C17H20N4O2/c1-21(13-6-3-2-4-7-13)17(22)15-11-20-16(12-18-15)19-10-14-8-5-9-23-14/h2-4,6-7,11-12,14H,5,8-10H2,1H3,(H,19,20). The molecule has 0 spiro atoms. The van der Waals surface area contributed by atoms with Gasteiger partial charge in [-0.2, -0.15) is 0 Å². The second-order valence-corrected chi connectivity index (χ2v) is 5.50. The lowest BCUT2D eigenvalue weighted by Crippen LogP contribution is -2.27. The van der Waals surface area contributed by atoms with Gasteiger partial charge in [0.2, 0.25) is 0 Å². The molecule has 1 aromatic carbocycles. The molecule has 6 heteroatoms. The van der Waals surface area contributed by atoms with Gasteiger partial charge in [0, 0.05) is 25.9 Å². The largest absolute Gasteiger partial charge is 0.376 e. The molecule has 1 saturated heterocycles. The summed E-state index contributed by atoms with van der Waals surface area (Å²) in [6, 6.07) is 9.45. The fraction of sp³-hybridized carbons (Fsp3) is 0.353. The van der Waals surface area contributed by atoms with Gasteiger partial charge in [-0.3, -0.25) is 4.79 Å². The van der Waals surface area contributed by atoms with Gasteiger partial charge in [-0.05, 0) is 25.0 Å². The minimum Gasteiger partial charge on any atom is -0.376 e. The van der Waals surface area contributed by atoms with Crippen LogP contribution in [0, 0.1) is 0 Å². The van der Waals surface area contributed by atoms with Gasteiger partial charge in [0.1, 0.15) is 11.5 Å². The highest BCUT2D eigenvalue weighted by Crippen LogP contribution is 2.15. The van der Waals surface area contributed by atoms with Crippen LogP contribution in [0.4, 0.5) is 11.5 Å². The molecule has 0 saturated carbocycles. The Kier molecular flexibility index (Phi) is 4.83. The first-order valence-corrected chi connectivity index (χ1v) is 7.74. The first-order chi connectivity index (χ1) is 11.2. The molecular weight excluding hydrogens is 292 g/mol. The van der Waals surface area contributed by atoms with Crippen molar-refractivity contribution in [2.45, 2.75) is 18.9 Å². The number of hydrogen-bond donors (Lipinski definition) is 1. The van der Waals surface area contributed by atoms with Crippen molar-refractivity contribution in [1.82, 2.24) is 9.97 Å². The summed E-state index contributed by atoms with van der Waals surface area (Å²) in [6.07, 6.45) is 5.50. The number of anilines is 2. The summed E-state index contributed by atoms with van der Waals surface area (Å²) in [5, 5.41) is 3.19. The van der Waals surface area contributed by atoms with E-state index in [1.165, 1.54) is 6.20 Å². The summed E-state index contributed by atoms with van der Waals surface area (Å²) >= 11 is 0. The van der Waals surface area contributed by atoms with Crippen LogP contribution in [0.15, 0.2) is 42.7 Å². The number of rotatable bonds is 5. The Bertz CT molecular complexity index is 639. The average molecular weight is 312 g/mol. The van der Waals surface area contributed by atoms with Gasteiger partial charge in [0.05, 0.1) is 18.5 Å². The first kappa shape index (κ1) is 15.4. The van der Waals surface area contributed by atoms with Gasteiger partial charge in [-0.15, -0.1) is 0 Å². The van der Waals surface area contributed by atoms with E-state index in [0.717, 1.165) is 25.1 Å². The predicted octanol–water partition coefficient (Wildman–Crippen LogP) is 2.34. The molecule has 1 atom stereocenters. The third-order valence-corrected chi connectivity index (χ3v) is 3.85. The third kappa shape index (κ3) is 3.84. The molecule has 0 radical (unpaired) electrons. The van der Waals surface area contributed by atoms with E-state index in [1.807, 2.05) is 30.3 Å². The summed E-state index contributed by atoms with van der Waals surface area (Å²) in [5.41, 5.74) is 1.14. The number of benzene rings is 1. The molecule has 2 heterocycles. The van der Waals surface area contributed by atoms with E-state index in [9.17, 15) is 4.79 Å². The molecule has 0 bridgehead atoms. The Morgan fingerprint density at radius 1 is 1.30 bits per heavy atom. The molecule has 3 rings (SSSR count). The minimum atomic E-state index is -0.186. The number of ether oxygens (including phenoxy) is 1. The van der Waals surface area contributed by atoms with E-state index in [1.54, 1.807) is 18.1 Å². The third-order valence-electron chi connectivity index (χ3n) is 3.85. The highest BCUT2D eigenvalue weighted by molar-refractivity contribution is 6.04. The monoisotopic (exact) mass is 312 g/mol.